The average Bonchev–Trinajstić information content (AvgIpc) is 3.13. The Labute approximate surface area is 162 Å². The highest BCUT2D eigenvalue weighted by atomic mass is 35.5. The number of aromatic nitrogens is 4. The zero-order chi connectivity index (χ0) is 19.9. The second kappa shape index (κ2) is 6.73. The van der Waals surface area contributed by atoms with E-state index >= 15 is 0 Å². The monoisotopic (exact) mass is 419 g/mol. The van der Waals surface area contributed by atoms with Gasteiger partial charge in [0.1, 0.15) is 21.9 Å². The topological polar surface area (TPSA) is 121 Å². The summed E-state index contributed by atoms with van der Waals surface area (Å²) in [5.74, 6) is -0.625. The fourth-order valence-electron chi connectivity index (χ4n) is 2.57. The summed E-state index contributed by atoms with van der Waals surface area (Å²) in [6.07, 6.45) is 1.37. The Morgan fingerprint density at radius 2 is 1.86 bits per heavy atom. The molecule has 0 spiro atoms. The number of halogens is 2. The maximum absolute atomic E-state index is 13.9. The molecule has 0 amide bonds. The van der Waals surface area contributed by atoms with Crippen LogP contribution in [0.2, 0.25) is 5.02 Å². The first kappa shape index (κ1) is 18.1. The van der Waals surface area contributed by atoms with E-state index in [4.69, 9.17) is 11.6 Å². The van der Waals surface area contributed by atoms with E-state index in [1.54, 1.807) is 12.1 Å². The third-order valence-corrected chi connectivity index (χ3v) is 5.54. The minimum Gasteiger partial charge on any atom is -0.306 e. The van der Waals surface area contributed by atoms with Gasteiger partial charge in [-0.05, 0) is 42.5 Å². The van der Waals surface area contributed by atoms with E-state index in [-0.39, 0.29) is 22.1 Å². The summed E-state index contributed by atoms with van der Waals surface area (Å²) >= 11 is 5.76. The Bertz CT molecular complexity index is 1350. The summed E-state index contributed by atoms with van der Waals surface area (Å²) in [5.41, 5.74) is 0.730. The molecule has 0 aliphatic carbocycles. The number of hydrogen-bond acceptors (Lipinski definition) is 5. The summed E-state index contributed by atoms with van der Waals surface area (Å²) in [5, 5.41) is 6.82. The third kappa shape index (κ3) is 3.35. The molecule has 0 aliphatic heterocycles. The molecule has 0 fully saturated rings. The van der Waals surface area contributed by atoms with Gasteiger partial charge < -0.3 is 4.98 Å². The van der Waals surface area contributed by atoms with Crippen molar-refractivity contribution in [2.45, 2.75) is 4.90 Å². The van der Waals surface area contributed by atoms with Crippen molar-refractivity contribution in [1.29, 1.82) is 0 Å². The Morgan fingerprint density at radius 1 is 1.11 bits per heavy atom. The van der Waals surface area contributed by atoms with Crippen LogP contribution in [0, 0.1) is 5.82 Å². The van der Waals surface area contributed by atoms with E-state index in [9.17, 15) is 17.6 Å². The second-order valence-electron chi connectivity index (χ2n) is 5.80. The van der Waals surface area contributed by atoms with Gasteiger partial charge in [-0.3, -0.25) is 14.6 Å². The van der Waals surface area contributed by atoms with Crippen molar-refractivity contribution in [1.82, 2.24) is 20.2 Å². The fourth-order valence-corrected chi connectivity index (χ4v) is 3.97. The number of benzene rings is 2. The van der Waals surface area contributed by atoms with Gasteiger partial charge >= 0.3 is 0 Å². The van der Waals surface area contributed by atoms with Crippen molar-refractivity contribution in [3.05, 3.63) is 69.9 Å². The molecule has 2 heterocycles. The summed E-state index contributed by atoms with van der Waals surface area (Å²) in [6, 6.07) is 9.32. The highest BCUT2D eigenvalue weighted by molar-refractivity contribution is 7.92. The lowest BCUT2D eigenvalue weighted by atomic mass is 10.2. The number of sulfonamides is 1. The lowest BCUT2D eigenvalue weighted by Gasteiger charge is -2.10. The summed E-state index contributed by atoms with van der Waals surface area (Å²) in [6.45, 7) is 0. The summed E-state index contributed by atoms with van der Waals surface area (Å²) in [4.78, 5) is 18.3. The molecule has 0 atom stereocenters. The second-order valence-corrected chi connectivity index (χ2v) is 7.89. The molecule has 0 bridgehead atoms. The van der Waals surface area contributed by atoms with Crippen molar-refractivity contribution in [3.8, 4) is 11.4 Å². The molecule has 3 N–H and O–H groups in total. The Morgan fingerprint density at radius 3 is 2.61 bits per heavy atom. The molecule has 0 saturated carbocycles. The number of fused-ring (bicyclic) bond motifs is 1. The van der Waals surface area contributed by atoms with Crippen LogP contribution in [0.5, 0.6) is 0 Å². The highest BCUT2D eigenvalue weighted by Crippen LogP contribution is 2.24. The van der Waals surface area contributed by atoms with E-state index in [0.717, 1.165) is 12.1 Å². The summed E-state index contributed by atoms with van der Waals surface area (Å²) in [7, 11) is -4.17. The average molecular weight is 420 g/mol. The van der Waals surface area contributed by atoms with Crippen molar-refractivity contribution in [3.63, 3.8) is 0 Å². The van der Waals surface area contributed by atoms with Crippen molar-refractivity contribution >= 4 is 38.3 Å². The van der Waals surface area contributed by atoms with Crippen LogP contribution in [0.4, 0.5) is 10.1 Å². The SMILES string of the molecule is O=c1[nH]c(-c2ccc(NS(=O)(=O)c3cc(Cl)ccc3F)cc2)nc2[nH]ncc12. The molecule has 4 aromatic rings. The predicted octanol–water partition coefficient (Wildman–Crippen LogP) is 2.91. The number of nitrogens with zero attached hydrogens (tertiary/aromatic N) is 2. The Hall–Kier alpha value is -3.24. The highest BCUT2D eigenvalue weighted by Gasteiger charge is 2.20. The van der Waals surface area contributed by atoms with Gasteiger partial charge in [0.05, 0.1) is 6.20 Å². The normalized spacial score (nSPS) is 11.6. The zero-order valence-corrected chi connectivity index (χ0v) is 15.5. The quantitative estimate of drug-likeness (QED) is 0.469. The minimum atomic E-state index is -4.17. The predicted molar refractivity (Wildman–Crippen MR) is 102 cm³/mol. The van der Waals surface area contributed by atoms with E-state index in [2.05, 4.69) is 24.9 Å². The van der Waals surface area contributed by atoms with Crippen LogP contribution in [0.25, 0.3) is 22.4 Å². The number of rotatable bonds is 4. The molecule has 11 heteroatoms. The smallest absolute Gasteiger partial charge is 0.264 e. The van der Waals surface area contributed by atoms with Crippen LogP contribution in [0.1, 0.15) is 0 Å². The van der Waals surface area contributed by atoms with Crippen LogP contribution in [0.15, 0.2) is 58.4 Å². The van der Waals surface area contributed by atoms with E-state index in [0.29, 0.717) is 16.6 Å². The molecule has 142 valence electrons. The number of aromatic amines is 2. The van der Waals surface area contributed by atoms with Gasteiger partial charge in [-0.1, -0.05) is 11.6 Å². The molecular formula is C17H11ClFN5O3S. The standard InChI is InChI=1S/C17H11ClFN5O3S/c18-10-3-6-13(19)14(7-10)28(26,27)24-11-4-1-9(2-5-11)15-21-16-12(8-20-23-16)17(25)22-15/h1-8,24H,(H2,20,21,22,23,25). The third-order valence-electron chi connectivity index (χ3n) is 3.91. The lowest BCUT2D eigenvalue weighted by Crippen LogP contribution is -2.14. The van der Waals surface area contributed by atoms with Crippen molar-refractivity contribution in [2.24, 2.45) is 0 Å². The molecule has 0 aliphatic rings. The first-order valence-electron chi connectivity index (χ1n) is 7.85. The van der Waals surface area contributed by atoms with Gasteiger partial charge in [-0.2, -0.15) is 5.10 Å². The largest absolute Gasteiger partial charge is 0.306 e. The van der Waals surface area contributed by atoms with Gasteiger partial charge in [0, 0.05) is 16.3 Å². The van der Waals surface area contributed by atoms with Crippen LogP contribution in [-0.4, -0.2) is 28.6 Å². The molecule has 0 radical (unpaired) electrons. The number of nitrogens with one attached hydrogen (secondary N) is 3. The summed E-state index contributed by atoms with van der Waals surface area (Å²) < 4.78 is 41.0. The zero-order valence-electron chi connectivity index (χ0n) is 13.9. The van der Waals surface area contributed by atoms with Gasteiger partial charge in [0.25, 0.3) is 15.6 Å². The number of H-pyrrole nitrogens is 2. The number of hydrogen-bond donors (Lipinski definition) is 3. The number of anilines is 1. The van der Waals surface area contributed by atoms with Gasteiger partial charge in [-0.15, -0.1) is 0 Å². The van der Waals surface area contributed by atoms with Gasteiger partial charge in [0.2, 0.25) is 0 Å². The Balaban J connectivity index is 1.64. The Kier molecular flexibility index (Phi) is 4.36. The first-order valence-corrected chi connectivity index (χ1v) is 9.71. The molecule has 2 aromatic carbocycles. The molecule has 28 heavy (non-hydrogen) atoms. The lowest BCUT2D eigenvalue weighted by molar-refractivity contribution is 0.570. The van der Waals surface area contributed by atoms with Crippen LogP contribution in [0.3, 0.4) is 0 Å². The van der Waals surface area contributed by atoms with E-state index < -0.39 is 20.7 Å². The molecule has 8 nitrogen and oxygen atoms in total. The first-order chi connectivity index (χ1) is 13.3. The van der Waals surface area contributed by atoms with Gasteiger partial charge in [0.15, 0.2) is 5.65 Å². The molecule has 0 unspecified atom stereocenters. The maximum atomic E-state index is 13.9. The molecule has 2 aromatic heterocycles. The van der Waals surface area contributed by atoms with Crippen molar-refractivity contribution < 1.29 is 12.8 Å². The van der Waals surface area contributed by atoms with Crippen LogP contribution < -0.4 is 10.3 Å². The molecular weight excluding hydrogens is 409 g/mol. The van der Waals surface area contributed by atoms with Crippen LogP contribution in [-0.2, 0) is 10.0 Å². The van der Waals surface area contributed by atoms with Gasteiger partial charge in [-0.25, -0.2) is 17.8 Å². The fraction of sp³-hybridized carbons (Fsp3) is 0. The molecule has 0 saturated heterocycles. The molecule has 4 rings (SSSR count). The van der Waals surface area contributed by atoms with Crippen molar-refractivity contribution in [2.75, 3.05) is 4.72 Å². The maximum Gasteiger partial charge on any atom is 0.264 e. The van der Waals surface area contributed by atoms with Crippen LogP contribution >= 0.6 is 11.6 Å². The minimum absolute atomic E-state index is 0.0985. The van der Waals surface area contributed by atoms with E-state index in [1.807, 2.05) is 0 Å². The van der Waals surface area contributed by atoms with E-state index in [1.165, 1.54) is 24.4 Å².